The maximum absolute atomic E-state index is 10.6. The molecule has 1 aliphatic rings. The first-order chi connectivity index (χ1) is 12.3. The fourth-order valence-corrected chi connectivity index (χ4v) is 2.82. The smallest absolute Gasteiger partial charge is 0.475 e. The molecule has 1 aliphatic heterocycles. The molecule has 142 valence electrons. The van der Waals surface area contributed by atoms with Gasteiger partial charge in [-0.3, -0.25) is 4.90 Å². The van der Waals surface area contributed by atoms with Gasteiger partial charge in [-0.2, -0.15) is 13.2 Å². The summed E-state index contributed by atoms with van der Waals surface area (Å²) in [6, 6.07) is 13.1. The molecule has 2 aromatic rings. The van der Waals surface area contributed by atoms with Gasteiger partial charge in [0.25, 0.3) is 0 Å². The average Bonchev–Trinajstić information content (AvgIpc) is 3.26. The van der Waals surface area contributed by atoms with E-state index < -0.39 is 12.1 Å². The molecule has 0 radical (unpaired) electrons. The van der Waals surface area contributed by atoms with E-state index in [0.29, 0.717) is 6.04 Å². The van der Waals surface area contributed by atoms with Gasteiger partial charge >= 0.3 is 12.1 Å². The Kier molecular flexibility index (Phi) is 6.82. The van der Waals surface area contributed by atoms with Gasteiger partial charge in [0, 0.05) is 30.7 Å². The molecule has 1 aromatic carbocycles. The van der Waals surface area contributed by atoms with Crippen molar-refractivity contribution in [3.8, 4) is 5.69 Å². The molecule has 0 amide bonds. The molecule has 1 saturated heterocycles. The number of halogens is 3. The van der Waals surface area contributed by atoms with E-state index in [9.17, 15) is 18.3 Å². The molecule has 26 heavy (non-hydrogen) atoms. The first-order valence-corrected chi connectivity index (χ1v) is 8.18. The van der Waals surface area contributed by atoms with Crippen LogP contribution in [-0.2, 0) is 11.3 Å². The van der Waals surface area contributed by atoms with Crippen LogP contribution in [0.2, 0.25) is 0 Å². The Labute approximate surface area is 149 Å². The Balaban J connectivity index is 0.000000298. The molecule has 2 heterocycles. The van der Waals surface area contributed by atoms with Gasteiger partial charge in [0.05, 0.1) is 6.61 Å². The van der Waals surface area contributed by atoms with Gasteiger partial charge in [0.1, 0.15) is 0 Å². The lowest BCUT2D eigenvalue weighted by Crippen LogP contribution is -2.31. The summed E-state index contributed by atoms with van der Waals surface area (Å²) in [5.74, 6) is -2.76. The maximum Gasteiger partial charge on any atom is 0.490 e. The standard InChI is InChI=1S/C16H20N2O.C2HF3O2/c19-13-16-4-3-11-18(16)12-14-5-7-15(8-6-14)17-9-1-2-10-17;3-2(4,5)1(6)7/h1-2,5-10,16,19H,3-4,11-13H2;(H,6,7)/t16-;/m0./s1. The third-order valence-corrected chi connectivity index (χ3v) is 4.18. The van der Waals surface area contributed by atoms with Crippen LogP contribution < -0.4 is 0 Å². The van der Waals surface area contributed by atoms with Crippen LogP contribution in [0.25, 0.3) is 5.69 Å². The molecule has 8 heteroatoms. The lowest BCUT2D eigenvalue weighted by atomic mass is 10.1. The van der Waals surface area contributed by atoms with E-state index in [-0.39, 0.29) is 6.61 Å². The molecule has 0 bridgehead atoms. The van der Waals surface area contributed by atoms with Crippen LogP contribution in [-0.4, -0.2) is 51.0 Å². The monoisotopic (exact) mass is 370 g/mol. The summed E-state index contributed by atoms with van der Waals surface area (Å²) in [7, 11) is 0. The lowest BCUT2D eigenvalue weighted by molar-refractivity contribution is -0.192. The van der Waals surface area contributed by atoms with Crippen molar-refractivity contribution in [3.63, 3.8) is 0 Å². The minimum Gasteiger partial charge on any atom is -0.475 e. The highest BCUT2D eigenvalue weighted by atomic mass is 19.4. The minimum atomic E-state index is -5.08. The van der Waals surface area contributed by atoms with Gasteiger partial charge in [-0.05, 0) is 49.2 Å². The van der Waals surface area contributed by atoms with Crippen LogP contribution in [0.4, 0.5) is 13.2 Å². The third kappa shape index (κ3) is 5.60. The summed E-state index contributed by atoms with van der Waals surface area (Å²) in [6.07, 6.45) is 1.35. The number of rotatable bonds is 4. The Morgan fingerprint density at radius 3 is 2.23 bits per heavy atom. The molecule has 1 fully saturated rings. The summed E-state index contributed by atoms with van der Waals surface area (Å²) >= 11 is 0. The fourth-order valence-electron chi connectivity index (χ4n) is 2.82. The van der Waals surface area contributed by atoms with Crippen molar-refractivity contribution in [2.75, 3.05) is 13.2 Å². The molecule has 0 spiro atoms. The predicted octanol–water partition coefficient (Wildman–Crippen LogP) is 3.07. The number of aromatic nitrogens is 1. The quantitative estimate of drug-likeness (QED) is 0.868. The number of aliphatic carboxylic acids is 1. The van der Waals surface area contributed by atoms with Crippen LogP contribution in [0, 0.1) is 0 Å². The van der Waals surface area contributed by atoms with E-state index in [1.165, 1.54) is 17.7 Å². The first-order valence-electron chi connectivity index (χ1n) is 8.18. The number of alkyl halides is 3. The van der Waals surface area contributed by atoms with Crippen molar-refractivity contribution in [1.29, 1.82) is 0 Å². The van der Waals surface area contributed by atoms with E-state index in [0.717, 1.165) is 19.5 Å². The predicted molar refractivity (Wildman–Crippen MR) is 90.0 cm³/mol. The number of nitrogens with zero attached hydrogens (tertiary/aromatic N) is 2. The lowest BCUT2D eigenvalue weighted by Gasteiger charge is -2.22. The van der Waals surface area contributed by atoms with Gasteiger partial charge in [-0.25, -0.2) is 4.79 Å². The molecule has 0 unspecified atom stereocenters. The van der Waals surface area contributed by atoms with Gasteiger partial charge in [-0.1, -0.05) is 12.1 Å². The summed E-state index contributed by atoms with van der Waals surface area (Å²) in [5.41, 5.74) is 2.50. The second kappa shape index (κ2) is 8.86. The molecular weight excluding hydrogens is 349 g/mol. The van der Waals surface area contributed by atoms with Gasteiger partial charge in [0.2, 0.25) is 0 Å². The van der Waals surface area contributed by atoms with Crippen LogP contribution >= 0.6 is 0 Å². The summed E-state index contributed by atoms with van der Waals surface area (Å²) in [6.45, 7) is 2.32. The van der Waals surface area contributed by atoms with Gasteiger partial charge in [-0.15, -0.1) is 0 Å². The van der Waals surface area contributed by atoms with Crippen LogP contribution in [0.3, 0.4) is 0 Å². The number of hydrogen-bond donors (Lipinski definition) is 2. The second-order valence-corrected chi connectivity index (χ2v) is 6.01. The molecule has 2 N–H and O–H groups in total. The van der Waals surface area contributed by atoms with Crippen molar-refractivity contribution in [1.82, 2.24) is 9.47 Å². The number of carbonyl (C=O) groups is 1. The van der Waals surface area contributed by atoms with E-state index in [1.807, 2.05) is 12.1 Å². The summed E-state index contributed by atoms with van der Waals surface area (Å²) in [4.78, 5) is 11.3. The molecule has 5 nitrogen and oxygen atoms in total. The number of hydrogen-bond acceptors (Lipinski definition) is 3. The van der Waals surface area contributed by atoms with E-state index in [4.69, 9.17) is 9.90 Å². The Morgan fingerprint density at radius 2 is 1.73 bits per heavy atom. The highest BCUT2D eigenvalue weighted by Crippen LogP contribution is 2.20. The Bertz CT molecular complexity index is 685. The molecule has 1 atom stereocenters. The minimum absolute atomic E-state index is 0.279. The van der Waals surface area contributed by atoms with Gasteiger partial charge < -0.3 is 14.8 Å². The topological polar surface area (TPSA) is 65.7 Å². The second-order valence-electron chi connectivity index (χ2n) is 6.01. The number of likely N-dealkylation sites (tertiary alicyclic amines) is 1. The van der Waals surface area contributed by atoms with E-state index in [2.05, 4.69) is 46.1 Å². The van der Waals surface area contributed by atoms with Crippen molar-refractivity contribution >= 4 is 5.97 Å². The number of aliphatic hydroxyl groups is 1. The molecule has 3 rings (SSSR count). The zero-order valence-electron chi connectivity index (χ0n) is 14.1. The van der Waals surface area contributed by atoms with E-state index in [1.54, 1.807) is 0 Å². The van der Waals surface area contributed by atoms with Crippen molar-refractivity contribution in [2.24, 2.45) is 0 Å². The Hall–Kier alpha value is -2.32. The number of carboxylic acid groups (broad SMARTS) is 1. The molecule has 0 saturated carbocycles. The highest BCUT2D eigenvalue weighted by Gasteiger charge is 2.38. The number of carboxylic acids is 1. The third-order valence-electron chi connectivity index (χ3n) is 4.18. The molecular formula is C18H21F3N2O3. The zero-order valence-corrected chi connectivity index (χ0v) is 14.1. The summed E-state index contributed by atoms with van der Waals surface area (Å²) < 4.78 is 33.8. The van der Waals surface area contributed by atoms with Crippen LogP contribution in [0.1, 0.15) is 18.4 Å². The van der Waals surface area contributed by atoms with Crippen molar-refractivity contribution in [2.45, 2.75) is 31.6 Å². The number of aliphatic hydroxyl groups excluding tert-OH is 1. The maximum atomic E-state index is 10.6. The van der Waals surface area contributed by atoms with Crippen LogP contribution in [0.5, 0.6) is 0 Å². The zero-order chi connectivity index (χ0) is 19.2. The normalized spacial score (nSPS) is 17.6. The largest absolute Gasteiger partial charge is 0.490 e. The SMILES string of the molecule is O=C(O)C(F)(F)F.OC[C@@H]1CCCN1Cc1ccc(-n2cccc2)cc1. The van der Waals surface area contributed by atoms with Crippen molar-refractivity contribution < 1.29 is 28.2 Å². The number of benzene rings is 1. The molecule has 1 aromatic heterocycles. The first kappa shape index (κ1) is 20.0. The van der Waals surface area contributed by atoms with Crippen LogP contribution in [0.15, 0.2) is 48.8 Å². The Morgan fingerprint density at radius 1 is 1.15 bits per heavy atom. The van der Waals surface area contributed by atoms with Crippen molar-refractivity contribution in [3.05, 3.63) is 54.4 Å². The average molecular weight is 370 g/mol. The van der Waals surface area contributed by atoms with Gasteiger partial charge in [0.15, 0.2) is 0 Å². The fraction of sp³-hybridized carbons (Fsp3) is 0.389. The van der Waals surface area contributed by atoms with E-state index >= 15 is 0 Å². The summed E-state index contributed by atoms with van der Waals surface area (Å²) in [5, 5.41) is 16.5. The highest BCUT2D eigenvalue weighted by molar-refractivity contribution is 5.73. The molecule has 0 aliphatic carbocycles.